The lowest BCUT2D eigenvalue weighted by molar-refractivity contribution is -0.384. The Morgan fingerprint density at radius 3 is 2.76 bits per heavy atom. The van der Waals surface area contributed by atoms with Crippen LogP contribution in [0.25, 0.3) is 0 Å². The zero-order valence-electron chi connectivity index (χ0n) is 12.2. The van der Waals surface area contributed by atoms with Crippen LogP contribution in [-0.2, 0) is 0 Å². The molecule has 1 aliphatic rings. The minimum atomic E-state index is -0.461. The zero-order valence-corrected chi connectivity index (χ0v) is 12.2. The third-order valence-electron chi connectivity index (χ3n) is 3.70. The highest BCUT2D eigenvalue weighted by Gasteiger charge is 2.31. The Bertz CT molecular complexity index is 522. The number of aromatic nitrogens is 1. The van der Waals surface area contributed by atoms with Gasteiger partial charge in [-0.1, -0.05) is 0 Å². The number of aliphatic hydroxyl groups excluding tert-OH is 1. The molecule has 0 bridgehead atoms. The number of aliphatic hydroxyl groups is 1. The second-order valence-corrected chi connectivity index (χ2v) is 5.49. The van der Waals surface area contributed by atoms with Crippen molar-refractivity contribution in [2.24, 2.45) is 0 Å². The summed E-state index contributed by atoms with van der Waals surface area (Å²) in [5.41, 5.74) is 0.368. The molecule has 0 radical (unpaired) electrons. The van der Waals surface area contributed by atoms with E-state index in [-0.39, 0.29) is 24.2 Å². The Balaban J connectivity index is 2.05. The number of unbranched alkanes of at least 4 members (excludes halogenated alkanes) is 2. The number of hydrogen-bond acceptors (Lipinski definition) is 4. The highest BCUT2D eigenvalue weighted by molar-refractivity contribution is 5.93. The number of hydrogen-bond donors (Lipinski definition) is 1. The fourth-order valence-corrected chi connectivity index (χ4v) is 2.33. The molecule has 1 fully saturated rings. The van der Waals surface area contributed by atoms with Crippen molar-refractivity contribution >= 4 is 11.6 Å². The molecule has 7 heteroatoms. The van der Waals surface area contributed by atoms with Crippen molar-refractivity contribution in [3.05, 3.63) is 28.1 Å². The lowest BCUT2D eigenvalue weighted by atomic mass is 10.2. The Morgan fingerprint density at radius 2 is 2.19 bits per heavy atom. The van der Waals surface area contributed by atoms with E-state index in [1.165, 1.54) is 12.3 Å². The van der Waals surface area contributed by atoms with Crippen LogP contribution in [-0.4, -0.2) is 45.6 Å². The Kier molecular flexibility index (Phi) is 4.95. The van der Waals surface area contributed by atoms with Gasteiger partial charge in [0.15, 0.2) is 0 Å². The van der Waals surface area contributed by atoms with Gasteiger partial charge in [-0.3, -0.25) is 14.9 Å². The molecule has 0 aromatic carbocycles. The highest BCUT2D eigenvalue weighted by atomic mass is 16.6. The summed E-state index contributed by atoms with van der Waals surface area (Å²) in [6, 6.07) is 1.59. The Labute approximate surface area is 123 Å². The third-order valence-corrected chi connectivity index (χ3v) is 3.70. The summed E-state index contributed by atoms with van der Waals surface area (Å²) in [5, 5.41) is 19.6. The molecule has 1 amide bonds. The summed E-state index contributed by atoms with van der Waals surface area (Å²) in [6.45, 7) is 0.747. The van der Waals surface area contributed by atoms with E-state index in [1.807, 2.05) is 0 Å². The summed E-state index contributed by atoms with van der Waals surface area (Å²) >= 11 is 0. The second-order valence-electron chi connectivity index (χ2n) is 5.49. The van der Waals surface area contributed by atoms with E-state index < -0.39 is 4.92 Å². The van der Waals surface area contributed by atoms with Crippen LogP contribution in [0.4, 0.5) is 5.69 Å². The van der Waals surface area contributed by atoms with Crippen molar-refractivity contribution in [1.29, 1.82) is 0 Å². The molecule has 0 aliphatic heterocycles. The molecule has 2 rings (SSSR count). The number of nitrogens with zero attached hydrogens (tertiary/aromatic N) is 3. The van der Waals surface area contributed by atoms with Gasteiger partial charge in [0.1, 0.15) is 5.69 Å². The van der Waals surface area contributed by atoms with Gasteiger partial charge >= 0.3 is 0 Å². The number of rotatable bonds is 8. The Morgan fingerprint density at radius 1 is 1.48 bits per heavy atom. The summed E-state index contributed by atoms with van der Waals surface area (Å²) in [6.07, 6.45) is 5.79. The highest BCUT2D eigenvalue weighted by Crippen LogP contribution is 2.38. The van der Waals surface area contributed by atoms with Gasteiger partial charge in [0.05, 0.1) is 11.1 Å². The smallest absolute Gasteiger partial charge is 0.287 e. The van der Waals surface area contributed by atoms with E-state index >= 15 is 0 Å². The molecule has 21 heavy (non-hydrogen) atoms. The van der Waals surface area contributed by atoms with Crippen LogP contribution in [0, 0.1) is 10.1 Å². The minimum Gasteiger partial charge on any atom is -0.396 e. The second kappa shape index (κ2) is 6.71. The third kappa shape index (κ3) is 3.81. The maximum atomic E-state index is 12.4. The van der Waals surface area contributed by atoms with E-state index in [0.29, 0.717) is 12.2 Å². The molecule has 1 aromatic rings. The van der Waals surface area contributed by atoms with E-state index in [1.54, 1.807) is 16.5 Å². The van der Waals surface area contributed by atoms with Crippen LogP contribution in [0.5, 0.6) is 0 Å². The van der Waals surface area contributed by atoms with Crippen LogP contribution in [0.1, 0.15) is 48.6 Å². The first kappa shape index (κ1) is 15.5. The van der Waals surface area contributed by atoms with Gasteiger partial charge in [-0.25, -0.2) is 0 Å². The molecule has 0 atom stereocenters. The van der Waals surface area contributed by atoms with E-state index in [9.17, 15) is 14.9 Å². The summed E-state index contributed by atoms with van der Waals surface area (Å²) in [7, 11) is 1.71. The van der Waals surface area contributed by atoms with E-state index in [4.69, 9.17) is 5.11 Å². The number of carbonyl (C=O) groups is 1. The first-order valence-electron chi connectivity index (χ1n) is 7.27. The largest absolute Gasteiger partial charge is 0.396 e. The molecule has 0 saturated heterocycles. The predicted octanol–water partition coefficient (Wildman–Crippen LogP) is 1.97. The summed E-state index contributed by atoms with van der Waals surface area (Å²) < 4.78 is 1.74. The molecule has 0 unspecified atom stereocenters. The normalized spacial score (nSPS) is 14.2. The molecule has 7 nitrogen and oxygen atoms in total. The van der Waals surface area contributed by atoms with Crippen molar-refractivity contribution in [2.75, 3.05) is 20.2 Å². The van der Waals surface area contributed by atoms with Crippen molar-refractivity contribution in [3.63, 3.8) is 0 Å². The van der Waals surface area contributed by atoms with Crippen molar-refractivity contribution < 1.29 is 14.8 Å². The van der Waals surface area contributed by atoms with Gasteiger partial charge < -0.3 is 14.6 Å². The lowest BCUT2D eigenvalue weighted by Crippen LogP contribution is -2.29. The SMILES string of the molecule is CN(CCCCCO)C(=O)c1cc([N+](=O)[O-])cn1C1CC1. The van der Waals surface area contributed by atoms with Crippen LogP contribution in [0.3, 0.4) is 0 Å². The molecule has 116 valence electrons. The zero-order chi connectivity index (χ0) is 15.4. The van der Waals surface area contributed by atoms with Gasteiger partial charge in [-0.15, -0.1) is 0 Å². The maximum Gasteiger partial charge on any atom is 0.287 e. The first-order chi connectivity index (χ1) is 10.0. The van der Waals surface area contributed by atoms with Gasteiger partial charge in [0.2, 0.25) is 0 Å². The summed E-state index contributed by atoms with van der Waals surface area (Å²) in [5.74, 6) is -0.181. The fraction of sp³-hybridized carbons (Fsp3) is 0.643. The average molecular weight is 295 g/mol. The molecule has 1 aromatic heterocycles. The molecule has 1 N–H and O–H groups in total. The van der Waals surface area contributed by atoms with Crippen LogP contribution >= 0.6 is 0 Å². The van der Waals surface area contributed by atoms with Gasteiger partial charge in [0.25, 0.3) is 11.6 Å². The quantitative estimate of drug-likeness (QED) is 0.451. The topological polar surface area (TPSA) is 88.6 Å². The molecule has 1 saturated carbocycles. The maximum absolute atomic E-state index is 12.4. The van der Waals surface area contributed by atoms with Gasteiger partial charge in [-0.2, -0.15) is 0 Å². The van der Waals surface area contributed by atoms with Crippen molar-refractivity contribution in [1.82, 2.24) is 9.47 Å². The molecule has 1 aliphatic carbocycles. The number of nitro groups is 1. The van der Waals surface area contributed by atoms with Crippen LogP contribution < -0.4 is 0 Å². The van der Waals surface area contributed by atoms with Gasteiger partial charge in [0, 0.05) is 32.3 Å². The first-order valence-corrected chi connectivity index (χ1v) is 7.27. The molecular weight excluding hydrogens is 274 g/mol. The van der Waals surface area contributed by atoms with E-state index in [2.05, 4.69) is 0 Å². The predicted molar refractivity (Wildman–Crippen MR) is 77.3 cm³/mol. The fourth-order valence-electron chi connectivity index (χ4n) is 2.33. The summed E-state index contributed by atoms with van der Waals surface area (Å²) in [4.78, 5) is 24.5. The Hall–Kier alpha value is -1.89. The van der Waals surface area contributed by atoms with E-state index in [0.717, 1.165) is 32.1 Å². The monoisotopic (exact) mass is 295 g/mol. The lowest BCUT2D eigenvalue weighted by Gasteiger charge is -2.18. The molecule has 1 heterocycles. The van der Waals surface area contributed by atoms with Crippen LogP contribution in [0.2, 0.25) is 0 Å². The van der Waals surface area contributed by atoms with Crippen molar-refractivity contribution in [3.8, 4) is 0 Å². The van der Waals surface area contributed by atoms with Crippen LogP contribution in [0.15, 0.2) is 12.3 Å². The standard InChI is InChI=1S/C14H21N3O4/c1-15(7-3-2-4-8-18)14(19)13-9-12(17(20)21)10-16(13)11-5-6-11/h9-11,18H,2-8H2,1H3. The minimum absolute atomic E-state index is 0.0288. The number of carbonyl (C=O) groups excluding carboxylic acids is 1. The average Bonchev–Trinajstić information content (AvgIpc) is 3.21. The molecule has 0 spiro atoms. The van der Waals surface area contributed by atoms with Crippen molar-refractivity contribution in [2.45, 2.75) is 38.1 Å². The van der Waals surface area contributed by atoms with Gasteiger partial charge in [-0.05, 0) is 32.1 Å². The molecular formula is C14H21N3O4. The number of amides is 1.